The van der Waals surface area contributed by atoms with E-state index in [1.165, 1.54) is 0 Å². The Labute approximate surface area is 165 Å². The number of rotatable bonds is 4. The Hall–Kier alpha value is -2.63. The molecule has 0 radical (unpaired) electrons. The lowest BCUT2D eigenvalue weighted by Gasteiger charge is -2.19. The van der Waals surface area contributed by atoms with Crippen molar-refractivity contribution < 1.29 is 9.59 Å². The Bertz CT molecular complexity index is 894. The highest BCUT2D eigenvalue weighted by atomic mass is 16.2. The number of hydrogen-bond donors (Lipinski definition) is 1. The molecule has 0 spiro atoms. The van der Waals surface area contributed by atoms with E-state index in [0.717, 1.165) is 68.7 Å². The van der Waals surface area contributed by atoms with Crippen LogP contribution in [0.4, 0.5) is 5.69 Å². The first-order chi connectivity index (χ1) is 13.6. The summed E-state index contributed by atoms with van der Waals surface area (Å²) >= 11 is 0. The molecule has 1 N–H and O–H groups in total. The van der Waals surface area contributed by atoms with Gasteiger partial charge in [-0.3, -0.25) is 9.59 Å². The summed E-state index contributed by atoms with van der Waals surface area (Å²) in [6.45, 7) is 6.53. The van der Waals surface area contributed by atoms with Crippen molar-refractivity contribution in [3.63, 3.8) is 0 Å². The summed E-state index contributed by atoms with van der Waals surface area (Å²) in [6.07, 6.45) is 4.92. The third kappa shape index (κ3) is 3.43. The molecule has 4 rings (SSSR count). The van der Waals surface area contributed by atoms with Crippen molar-refractivity contribution >= 4 is 17.5 Å². The molecular weight excluding hydrogens is 352 g/mol. The van der Waals surface area contributed by atoms with Crippen LogP contribution in [0.2, 0.25) is 0 Å². The number of nitrogens with zero attached hydrogens (tertiary/aromatic N) is 3. The van der Waals surface area contributed by atoms with Crippen LogP contribution in [0, 0.1) is 0 Å². The van der Waals surface area contributed by atoms with Crippen molar-refractivity contribution in [1.29, 1.82) is 0 Å². The van der Waals surface area contributed by atoms with Gasteiger partial charge in [0, 0.05) is 25.3 Å². The van der Waals surface area contributed by atoms with Crippen LogP contribution in [0.5, 0.6) is 0 Å². The lowest BCUT2D eigenvalue weighted by Crippen LogP contribution is -2.29. The van der Waals surface area contributed by atoms with E-state index >= 15 is 0 Å². The summed E-state index contributed by atoms with van der Waals surface area (Å²) < 4.78 is 1.96. The van der Waals surface area contributed by atoms with Crippen molar-refractivity contribution in [2.24, 2.45) is 0 Å². The highest BCUT2D eigenvalue weighted by Gasteiger charge is 2.31. The fraction of sp³-hybridized carbons (Fsp3) is 0.500. The van der Waals surface area contributed by atoms with Gasteiger partial charge in [0.2, 0.25) is 0 Å². The van der Waals surface area contributed by atoms with Crippen molar-refractivity contribution in [2.75, 3.05) is 18.4 Å². The summed E-state index contributed by atoms with van der Waals surface area (Å²) in [7, 11) is 0. The van der Waals surface area contributed by atoms with Gasteiger partial charge < -0.3 is 14.8 Å². The van der Waals surface area contributed by atoms with Gasteiger partial charge in [0.25, 0.3) is 11.8 Å². The minimum Gasteiger partial charge on any atom is -0.337 e. The molecule has 0 unspecified atom stereocenters. The van der Waals surface area contributed by atoms with E-state index < -0.39 is 0 Å². The van der Waals surface area contributed by atoms with Crippen LogP contribution in [0.3, 0.4) is 0 Å². The molecule has 148 valence electrons. The van der Waals surface area contributed by atoms with E-state index in [1.807, 2.05) is 33.7 Å². The van der Waals surface area contributed by atoms with Gasteiger partial charge in [-0.25, -0.2) is 4.98 Å². The molecule has 1 saturated heterocycles. The Balaban J connectivity index is 1.66. The quantitative estimate of drug-likeness (QED) is 0.876. The fourth-order valence-electron chi connectivity index (χ4n) is 4.25. The second-order valence-corrected chi connectivity index (χ2v) is 8.03. The lowest BCUT2D eigenvalue weighted by molar-refractivity contribution is 0.0786. The maximum Gasteiger partial charge on any atom is 0.291 e. The van der Waals surface area contributed by atoms with Crippen molar-refractivity contribution in [3.05, 3.63) is 47.0 Å². The number of nitrogens with one attached hydrogen (secondary N) is 1. The summed E-state index contributed by atoms with van der Waals surface area (Å²) in [5.74, 6) is 0.398. The van der Waals surface area contributed by atoms with E-state index in [-0.39, 0.29) is 11.8 Å². The molecule has 3 heterocycles. The first-order valence-electron chi connectivity index (χ1n) is 10.3. The largest absolute Gasteiger partial charge is 0.337 e. The van der Waals surface area contributed by atoms with Crippen LogP contribution in [0.1, 0.15) is 77.8 Å². The molecule has 2 aliphatic rings. The average Bonchev–Trinajstić information content (AvgIpc) is 3.36. The minimum absolute atomic E-state index is 0.0234. The van der Waals surface area contributed by atoms with Crippen molar-refractivity contribution in [3.8, 4) is 0 Å². The van der Waals surface area contributed by atoms with E-state index in [9.17, 15) is 9.59 Å². The Morgan fingerprint density at radius 3 is 2.50 bits per heavy atom. The fourth-order valence-corrected chi connectivity index (χ4v) is 4.25. The highest BCUT2D eigenvalue weighted by molar-refractivity contribution is 6.04. The van der Waals surface area contributed by atoms with Crippen LogP contribution < -0.4 is 5.32 Å². The van der Waals surface area contributed by atoms with E-state index in [2.05, 4.69) is 24.1 Å². The van der Waals surface area contributed by atoms with Crippen LogP contribution in [-0.2, 0) is 13.0 Å². The number of carbonyl (C=O) groups excluding carboxylic acids is 2. The Morgan fingerprint density at radius 1 is 1.04 bits per heavy atom. The van der Waals surface area contributed by atoms with E-state index in [4.69, 9.17) is 0 Å². The molecule has 6 nitrogen and oxygen atoms in total. The normalized spacial score (nSPS) is 16.3. The molecule has 28 heavy (non-hydrogen) atoms. The maximum absolute atomic E-state index is 13.1. The van der Waals surface area contributed by atoms with Gasteiger partial charge in [-0.05, 0) is 49.7 Å². The van der Waals surface area contributed by atoms with Crippen LogP contribution >= 0.6 is 0 Å². The van der Waals surface area contributed by atoms with Gasteiger partial charge in [-0.2, -0.15) is 0 Å². The lowest BCUT2D eigenvalue weighted by atomic mass is 10.0. The van der Waals surface area contributed by atoms with Crippen LogP contribution in [0.15, 0.2) is 24.3 Å². The summed E-state index contributed by atoms with van der Waals surface area (Å²) in [6, 6.07) is 7.85. The molecule has 1 aromatic heterocycles. The van der Waals surface area contributed by atoms with Gasteiger partial charge in [0.15, 0.2) is 5.82 Å². The molecule has 0 aliphatic carbocycles. The Kier molecular flexibility index (Phi) is 5.20. The van der Waals surface area contributed by atoms with E-state index in [1.54, 1.807) is 0 Å². The molecule has 1 aromatic carbocycles. The number of amides is 2. The monoisotopic (exact) mass is 380 g/mol. The van der Waals surface area contributed by atoms with Crippen molar-refractivity contribution in [1.82, 2.24) is 14.5 Å². The summed E-state index contributed by atoms with van der Waals surface area (Å²) in [4.78, 5) is 32.5. The van der Waals surface area contributed by atoms with Gasteiger partial charge in [0.1, 0.15) is 5.69 Å². The predicted molar refractivity (Wildman–Crippen MR) is 109 cm³/mol. The van der Waals surface area contributed by atoms with Crippen molar-refractivity contribution in [2.45, 2.75) is 58.4 Å². The van der Waals surface area contributed by atoms with Gasteiger partial charge in [-0.1, -0.05) is 32.0 Å². The van der Waals surface area contributed by atoms with Gasteiger partial charge in [0.05, 0.1) is 5.69 Å². The number of benzene rings is 1. The van der Waals surface area contributed by atoms with Crippen LogP contribution in [0.25, 0.3) is 0 Å². The molecule has 6 heteroatoms. The van der Waals surface area contributed by atoms with Gasteiger partial charge in [-0.15, -0.1) is 0 Å². The maximum atomic E-state index is 13.1. The molecule has 0 saturated carbocycles. The summed E-state index contributed by atoms with van der Waals surface area (Å²) in [5.41, 5.74) is 3.30. The van der Waals surface area contributed by atoms with E-state index in [0.29, 0.717) is 17.4 Å². The molecule has 1 fully saturated rings. The molecular formula is C22H28N4O2. The molecule has 2 aliphatic heterocycles. The summed E-state index contributed by atoms with van der Waals surface area (Å²) in [5, 5.41) is 3.03. The second kappa shape index (κ2) is 7.78. The topological polar surface area (TPSA) is 67.2 Å². The second-order valence-electron chi connectivity index (χ2n) is 8.03. The zero-order valence-electron chi connectivity index (χ0n) is 16.7. The number of anilines is 1. The standard InChI is InChI=1S/C22H28N4O2/c1-15(2)16-9-3-4-10-17(16)23-21(27)20-24-19(18-11-5-6-14-26(18)20)22(28)25-12-7-8-13-25/h3-4,9-10,15H,5-8,11-14H2,1-2H3,(H,23,27). The molecule has 2 aromatic rings. The number of aromatic nitrogens is 2. The average molecular weight is 380 g/mol. The number of para-hydroxylation sites is 1. The Morgan fingerprint density at radius 2 is 1.75 bits per heavy atom. The van der Waals surface area contributed by atoms with Gasteiger partial charge >= 0.3 is 0 Å². The minimum atomic E-state index is -0.239. The number of carbonyl (C=O) groups is 2. The predicted octanol–water partition coefficient (Wildman–Crippen LogP) is 3.83. The molecule has 0 bridgehead atoms. The first kappa shape index (κ1) is 18.7. The molecule has 0 atom stereocenters. The first-order valence-corrected chi connectivity index (χ1v) is 10.3. The number of likely N-dealkylation sites (tertiary alicyclic amines) is 1. The zero-order chi connectivity index (χ0) is 19.7. The number of hydrogen-bond acceptors (Lipinski definition) is 3. The zero-order valence-corrected chi connectivity index (χ0v) is 16.7. The number of fused-ring (bicyclic) bond motifs is 1. The third-order valence-electron chi connectivity index (χ3n) is 5.75. The highest BCUT2D eigenvalue weighted by Crippen LogP contribution is 2.26. The van der Waals surface area contributed by atoms with Crippen LogP contribution in [-0.4, -0.2) is 39.4 Å². The SMILES string of the molecule is CC(C)c1ccccc1NC(=O)c1nc(C(=O)N2CCCC2)c2n1CCCC2. The smallest absolute Gasteiger partial charge is 0.291 e. The molecule has 2 amide bonds. The third-order valence-corrected chi connectivity index (χ3v) is 5.75. The number of imidazole rings is 1.